The van der Waals surface area contributed by atoms with Gasteiger partial charge in [-0.15, -0.1) is 0 Å². The van der Waals surface area contributed by atoms with Crippen LogP contribution >= 0.6 is 0 Å². The molecule has 0 spiro atoms. The van der Waals surface area contributed by atoms with Crippen molar-refractivity contribution in [2.45, 2.75) is 56.6 Å². The van der Waals surface area contributed by atoms with Crippen LogP contribution < -0.4 is 10.6 Å². The van der Waals surface area contributed by atoms with Crippen LogP contribution in [0, 0.1) is 17.8 Å². The molecule has 3 N–H and O–H groups in total. The molecule has 0 heterocycles. The molecule has 4 fully saturated rings. The molecule has 1 aromatic rings. The summed E-state index contributed by atoms with van der Waals surface area (Å²) in [6.07, 6.45) is 7.66. The third-order valence-corrected chi connectivity index (χ3v) is 6.30. The Kier molecular flexibility index (Phi) is 4.25. The second-order valence-corrected chi connectivity index (χ2v) is 8.29. The number of benzene rings is 1. The molecule has 0 radical (unpaired) electrons. The van der Waals surface area contributed by atoms with Crippen molar-refractivity contribution < 1.29 is 9.90 Å². The molecule has 1 unspecified atom stereocenters. The van der Waals surface area contributed by atoms with Gasteiger partial charge >= 0.3 is 6.03 Å². The van der Waals surface area contributed by atoms with Gasteiger partial charge in [-0.25, -0.2) is 4.79 Å². The van der Waals surface area contributed by atoms with Gasteiger partial charge < -0.3 is 15.7 Å². The average molecular weight is 328 g/mol. The van der Waals surface area contributed by atoms with Gasteiger partial charge in [-0.3, -0.25) is 0 Å². The minimum atomic E-state index is -0.522. The highest BCUT2D eigenvalue weighted by Gasteiger charge is 2.51. The number of hydrogen-bond acceptors (Lipinski definition) is 2. The predicted octanol–water partition coefficient (Wildman–Crippen LogP) is 3.38. The number of urea groups is 1. The molecule has 4 bridgehead atoms. The maximum absolute atomic E-state index is 12.3. The van der Waals surface area contributed by atoms with Crippen LogP contribution in [0.15, 0.2) is 30.3 Å². The van der Waals surface area contributed by atoms with Crippen molar-refractivity contribution >= 4 is 6.03 Å². The van der Waals surface area contributed by atoms with Crippen LogP contribution in [0.5, 0.6) is 0 Å². The van der Waals surface area contributed by atoms with Gasteiger partial charge in [-0.1, -0.05) is 30.3 Å². The summed E-state index contributed by atoms with van der Waals surface area (Å²) >= 11 is 0. The van der Waals surface area contributed by atoms with E-state index in [1.54, 1.807) is 0 Å². The SMILES string of the molecule is O=C(NCCC(O)c1ccccc1)NC12CC3CC(CC(C3)C1)C2. The Hall–Kier alpha value is -1.55. The summed E-state index contributed by atoms with van der Waals surface area (Å²) in [5.74, 6) is 2.49. The number of amides is 2. The summed E-state index contributed by atoms with van der Waals surface area (Å²) in [6, 6.07) is 9.56. The second-order valence-electron chi connectivity index (χ2n) is 8.29. The fourth-order valence-electron chi connectivity index (χ4n) is 5.71. The van der Waals surface area contributed by atoms with Crippen molar-refractivity contribution in [3.63, 3.8) is 0 Å². The summed E-state index contributed by atoms with van der Waals surface area (Å²) in [5, 5.41) is 16.4. The molecule has 0 saturated heterocycles. The second kappa shape index (κ2) is 6.40. The molecule has 4 heteroatoms. The zero-order valence-electron chi connectivity index (χ0n) is 14.2. The lowest BCUT2D eigenvalue weighted by Gasteiger charge is -2.56. The monoisotopic (exact) mass is 328 g/mol. The average Bonchev–Trinajstić information content (AvgIpc) is 2.53. The Labute approximate surface area is 144 Å². The number of aliphatic hydroxyl groups is 1. The van der Waals surface area contributed by atoms with Crippen molar-refractivity contribution in [3.8, 4) is 0 Å². The van der Waals surface area contributed by atoms with Crippen LogP contribution in [0.3, 0.4) is 0 Å². The molecule has 24 heavy (non-hydrogen) atoms. The van der Waals surface area contributed by atoms with Crippen molar-refractivity contribution in [3.05, 3.63) is 35.9 Å². The van der Waals surface area contributed by atoms with E-state index in [2.05, 4.69) is 10.6 Å². The lowest BCUT2D eigenvalue weighted by Crippen LogP contribution is -2.61. The maximum Gasteiger partial charge on any atom is 0.315 e. The number of carbonyl (C=O) groups is 1. The zero-order chi connectivity index (χ0) is 16.6. The lowest BCUT2D eigenvalue weighted by atomic mass is 9.53. The van der Waals surface area contributed by atoms with Crippen LogP contribution in [0.2, 0.25) is 0 Å². The van der Waals surface area contributed by atoms with E-state index in [4.69, 9.17) is 0 Å². The van der Waals surface area contributed by atoms with Gasteiger partial charge in [0.15, 0.2) is 0 Å². The highest BCUT2D eigenvalue weighted by molar-refractivity contribution is 5.74. The van der Waals surface area contributed by atoms with E-state index in [0.717, 1.165) is 23.3 Å². The summed E-state index contributed by atoms with van der Waals surface area (Å²) in [7, 11) is 0. The van der Waals surface area contributed by atoms with Gasteiger partial charge in [-0.2, -0.15) is 0 Å². The highest BCUT2D eigenvalue weighted by atomic mass is 16.3. The van der Waals surface area contributed by atoms with Gasteiger partial charge in [0.25, 0.3) is 0 Å². The predicted molar refractivity (Wildman–Crippen MR) is 93.5 cm³/mol. The van der Waals surface area contributed by atoms with Crippen molar-refractivity contribution in [2.24, 2.45) is 17.8 Å². The topological polar surface area (TPSA) is 61.4 Å². The molecule has 5 rings (SSSR count). The van der Waals surface area contributed by atoms with Crippen LogP contribution in [-0.2, 0) is 0 Å². The first kappa shape index (κ1) is 15.9. The first-order chi connectivity index (χ1) is 11.6. The molecule has 0 aromatic heterocycles. The van der Waals surface area contributed by atoms with Crippen molar-refractivity contribution in [1.82, 2.24) is 10.6 Å². The summed E-state index contributed by atoms with van der Waals surface area (Å²) < 4.78 is 0. The Bertz CT molecular complexity index is 551. The van der Waals surface area contributed by atoms with Gasteiger partial charge in [0.2, 0.25) is 0 Å². The van der Waals surface area contributed by atoms with E-state index in [-0.39, 0.29) is 11.6 Å². The van der Waals surface area contributed by atoms with Crippen LogP contribution in [-0.4, -0.2) is 23.2 Å². The molecular formula is C20H28N2O2. The molecule has 4 aliphatic rings. The third kappa shape index (κ3) is 3.30. The molecule has 4 aliphatic carbocycles. The minimum absolute atomic E-state index is 0.0525. The lowest BCUT2D eigenvalue weighted by molar-refractivity contribution is -0.0135. The van der Waals surface area contributed by atoms with Crippen molar-refractivity contribution in [2.75, 3.05) is 6.54 Å². The molecular weight excluding hydrogens is 300 g/mol. The first-order valence-corrected chi connectivity index (χ1v) is 9.41. The highest BCUT2D eigenvalue weighted by Crippen LogP contribution is 2.55. The zero-order valence-corrected chi connectivity index (χ0v) is 14.2. The molecule has 4 saturated carbocycles. The van der Waals surface area contributed by atoms with Gasteiger partial charge in [-0.05, 0) is 68.3 Å². The largest absolute Gasteiger partial charge is 0.388 e. The maximum atomic E-state index is 12.3. The fourth-order valence-corrected chi connectivity index (χ4v) is 5.71. The molecule has 2 amide bonds. The van der Waals surface area contributed by atoms with E-state index < -0.39 is 6.10 Å². The van der Waals surface area contributed by atoms with Crippen LogP contribution in [0.1, 0.15) is 56.6 Å². The fraction of sp³-hybridized carbons (Fsp3) is 0.650. The van der Waals surface area contributed by atoms with Crippen LogP contribution in [0.25, 0.3) is 0 Å². The van der Waals surface area contributed by atoms with E-state index >= 15 is 0 Å². The number of rotatable bonds is 5. The van der Waals surface area contributed by atoms with Crippen LogP contribution in [0.4, 0.5) is 4.79 Å². The molecule has 130 valence electrons. The molecule has 4 nitrogen and oxygen atoms in total. The molecule has 0 aliphatic heterocycles. The number of hydrogen-bond donors (Lipinski definition) is 3. The van der Waals surface area contributed by atoms with Crippen molar-refractivity contribution in [1.29, 1.82) is 0 Å². The number of carbonyl (C=O) groups excluding carboxylic acids is 1. The van der Waals surface area contributed by atoms with Gasteiger partial charge in [0.1, 0.15) is 0 Å². The number of aliphatic hydroxyl groups excluding tert-OH is 1. The normalized spacial score (nSPS) is 34.8. The first-order valence-electron chi connectivity index (χ1n) is 9.41. The summed E-state index contributed by atoms with van der Waals surface area (Å²) in [4.78, 5) is 12.3. The molecule has 1 aromatic carbocycles. The Balaban J connectivity index is 1.25. The van der Waals surface area contributed by atoms with E-state index in [1.165, 1.54) is 38.5 Å². The quantitative estimate of drug-likeness (QED) is 0.776. The van der Waals surface area contributed by atoms with Gasteiger partial charge in [0, 0.05) is 12.1 Å². The Morgan fingerprint density at radius 2 is 1.67 bits per heavy atom. The van der Waals surface area contributed by atoms with E-state index in [0.29, 0.717) is 13.0 Å². The summed E-state index contributed by atoms with van der Waals surface area (Å²) in [5.41, 5.74) is 0.956. The van der Waals surface area contributed by atoms with E-state index in [1.807, 2.05) is 30.3 Å². The van der Waals surface area contributed by atoms with E-state index in [9.17, 15) is 9.90 Å². The minimum Gasteiger partial charge on any atom is -0.388 e. The smallest absolute Gasteiger partial charge is 0.315 e. The Morgan fingerprint density at radius 1 is 1.08 bits per heavy atom. The summed E-state index contributed by atoms with van der Waals surface area (Å²) in [6.45, 7) is 0.494. The Morgan fingerprint density at radius 3 is 2.25 bits per heavy atom. The molecule has 1 atom stereocenters. The third-order valence-electron chi connectivity index (χ3n) is 6.30. The number of nitrogens with one attached hydrogen (secondary N) is 2. The standard InChI is InChI=1S/C20H28N2O2/c23-18(17-4-2-1-3-5-17)6-7-21-19(24)22-20-11-14-8-15(12-20)10-16(9-14)13-20/h1-5,14-16,18,23H,6-13H2,(H2,21,22,24). The van der Waals surface area contributed by atoms with Gasteiger partial charge in [0.05, 0.1) is 6.10 Å².